The Balaban J connectivity index is 2.14. The fourth-order valence-corrected chi connectivity index (χ4v) is 2.91. The molecule has 0 saturated carbocycles. The van der Waals surface area contributed by atoms with Crippen LogP contribution in [0.1, 0.15) is 36.0 Å². The third-order valence-electron chi connectivity index (χ3n) is 4.03. The third kappa shape index (κ3) is 3.80. The first kappa shape index (κ1) is 14.1. The Kier molecular flexibility index (Phi) is 4.59. The summed E-state index contributed by atoms with van der Waals surface area (Å²) in [5, 5.41) is 9.12. The average Bonchev–Trinajstić information content (AvgIpc) is 2.86. The summed E-state index contributed by atoms with van der Waals surface area (Å²) in [5.74, 6) is -0.692. The fourth-order valence-electron chi connectivity index (χ4n) is 2.91. The minimum atomic E-state index is -0.692. The molecular formula is C16H23NO2. The van der Waals surface area contributed by atoms with E-state index < -0.39 is 5.97 Å². The van der Waals surface area contributed by atoms with E-state index in [1.807, 2.05) is 0 Å². The van der Waals surface area contributed by atoms with Gasteiger partial charge < -0.3 is 5.11 Å². The molecule has 0 spiro atoms. The van der Waals surface area contributed by atoms with Gasteiger partial charge in [-0.25, -0.2) is 0 Å². The van der Waals surface area contributed by atoms with Crippen molar-refractivity contribution in [3.8, 4) is 0 Å². The highest BCUT2D eigenvalue weighted by atomic mass is 16.4. The molecule has 1 heterocycles. The summed E-state index contributed by atoms with van der Waals surface area (Å²) in [6.45, 7) is 6.28. The van der Waals surface area contributed by atoms with Crippen molar-refractivity contribution in [3.63, 3.8) is 0 Å². The lowest BCUT2D eigenvalue weighted by molar-refractivity contribution is -0.138. The van der Waals surface area contributed by atoms with Crippen LogP contribution in [0.2, 0.25) is 0 Å². The van der Waals surface area contributed by atoms with Gasteiger partial charge in [0.1, 0.15) is 0 Å². The van der Waals surface area contributed by atoms with Gasteiger partial charge in [0, 0.05) is 6.04 Å². The number of aliphatic carboxylic acids is 1. The highest BCUT2D eigenvalue weighted by Crippen LogP contribution is 2.20. The van der Waals surface area contributed by atoms with Crippen LogP contribution in [-0.4, -0.2) is 35.1 Å². The number of likely N-dealkylation sites (tertiary alicyclic amines) is 1. The lowest BCUT2D eigenvalue weighted by atomic mass is 9.96. The average molecular weight is 261 g/mol. The van der Waals surface area contributed by atoms with Gasteiger partial charge >= 0.3 is 5.97 Å². The Morgan fingerprint density at radius 3 is 2.63 bits per heavy atom. The minimum absolute atomic E-state index is 0.139. The molecule has 1 aromatic rings. The molecular weight excluding hydrogens is 238 g/mol. The lowest BCUT2D eigenvalue weighted by Crippen LogP contribution is -2.36. The molecule has 0 radical (unpaired) electrons. The molecule has 1 aliphatic rings. The van der Waals surface area contributed by atoms with E-state index in [4.69, 9.17) is 5.11 Å². The highest BCUT2D eigenvalue weighted by Gasteiger charge is 2.24. The number of nitrogens with zero attached hydrogens (tertiary/aromatic N) is 1. The van der Waals surface area contributed by atoms with Crippen LogP contribution >= 0.6 is 0 Å². The molecule has 1 fully saturated rings. The number of carbonyl (C=O) groups is 1. The molecule has 3 heteroatoms. The summed E-state index contributed by atoms with van der Waals surface area (Å²) >= 11 is 0. The molecule has 0 aliphatic carbocycles. The van der Waals surface area contributed by atoms with Crippen LogP contribution in [0.4, 0.5) is 0 Å². The number of carboxylic acid groups (broad SMARTS) is 1. The summed E-state index contributed by atoms with van der Waals surface area (Å²) in [6.07, 6.45) is 3.49. The van der Waals surface area contributed by atoms with E-state index in [2.05, 4.69) is 36.9 Å². The number of aryl methyl sites for hydroxylation is 2. The standard InChI is InChI=1S/C16H23NO2/c1-12-5-6-13(2)14(9-12)10-15(11-16(18)19)17-7-3-4-8-17/h5-6,9,15H,3-4,7-8,10-11H2,1-2H3,(H,18,19). The van der Waals surface area contributed by atoms with Crippen LogP contribution in [0.3, 0.4) is 0 Å². The van der Waals surface area contributed by atoms with Crippen LogP contribution in [-0.2, 0) is 11.2 Å². The smallest absolute Gasteiger partial charge is 0.304 e. The number of hydrogen-bond donors (Lipinski definition) is 1. The molecule has 19 heavy (non-hydrogen) atoms. The number of carboxylic acids is 1. The van der Waals surface area contributed by atoms with Crippen LogP contribution in [0, 0.1) is 13.8 Å². The van der Waals surface area contributed by atoms with Crippen molar-refractivity contribution in [1.82, 2.24) is 4.90 Å². The zero-order valence-corrected chi connectivity index (χ0v) is 11.9. The maximum atomic E-state index is 11.1. The molecule has 1 aromatic carbocycles. The van der Waals surface area contributed by atoms with Crippen molar-refractivity contribution >= 4 is 5.97 Å². The first-order valence-corrected chi connectivity index (χ1v) is 7.08. The van der Waals surface area contributed by atoms with E-state index in [1.54, 1.807) is 0 Å². The molecule has 1 atom stereocenters. The molecule has 1 aliphatic heterocycles. The third-order valence-corrected chi connectivity index (χ3v) is 4.03. The van der Waals surface area contributed by atoms with Gasteiger partial charge in [0.2, 0.25) is 0 Å². The Morgan fingerprint density at radius 2 is 2.00 bits per heavy atom. The molecule has 104 valence electrons. The molecule has 2 rings (SSSR count). The van der Waals surface area contributed by atoms with Crippen molar-refractivity contribution in [3.05, 3.63) is 34.9 Å². The monoisotopic (exact) mass is 261 g/mol. The topological polar surface area (TPSA) is 40.5 Å². The summed E-state index contributed by atoms with van der Waals surface area (Å²) in [7, 11) is 0. The first-order chi connectivity index (χ1) is 9.06. The minimum Gasteiger partial charge on any atom is -0.481 e. The fraction of sp³-hybridized carbons (Fsp3) is 0.562. The predicted molar refractivity (Wildman–Crippen MR) is 76.5 cm³/mol. The molecule has 0 bridgehead atoms. The maximum absolute atomic E-state index is 11.1. The normalized spacial score (nSPS) is 17.6. The van der Waals surface area contributed by atoms with Gasteiger partial charge in [-0.15, -0.1) is 0 Å². The van der Waals surface area contributed by atoms with Gasteiger partial charge in [0.25, 0.3) is 0 Å². The molecule has 0 amide bonds. The second kappa shape index (κ2) is 6.20. The molecule has 1 unspecified atom stereocenters. The van der Waals surface area contributed by atoms with E-state index in [9.17, 15) is 4.79 Å². The van der Waals surface area contributed by atoms with Crippen LogP contribution in [0.5, 0.6) is 0 Å². The van der Waals surface area contributed by atoms with E-state index in [1.165, 1.54) is 29.5 Å². The van der Waals surface area contributed by atoms with Gasteiger partial charge in [-0.3, -0.25) is 9.69 Å². The summed E-state index contributed by atoms with van der Waals surface area (Å²) < 4.78 is 0. The van der Waals surface area contributed by atoms with Crippen LogP contribution < -0.4 is 0 Å². The zero-order chi connectivity index (χ0) is 13.8. The first-order valence-electron chi connectivity index (χ1n) is 7.08. The zero-order valence-electron chi connectivity index (χ0n) is 11.9. The molecule has 1 saturated heterocycles. The van der Waals surface area contributed by atoms with Gasteiger partial charge in [-0.2, -0.15) is 0 Å². The second-order valence-corrected chi connectivity index (χ2v) is 5.63. The van der Waals surface area contributed by atoms with Crippen molar-refractivity contribution in [1.29, 1.82) is 0 Å². The Morgan fingerprint density at radius 1 is 1.32 bits per heavy atom. The lowest BCUT2D eigenvalue weighted by Gasteiger charge is -2.27. The Labute approximate surface area is 115 Å². The van der Waals surface area contributed by atoms with Crippen LogP contribution in [0.25, 0.3) is 0 Å². The summed E-state index contributed by atoms with van der Waals surface area (Å²) in [5.41, 5.74) is 3.80. The van der Waals surface area contributed by atoms with Gasteiger partial charge in [0.15, 0.2) is 0 Å². The Hall–Kier alpha value is -1.35. The molecule has 0 aromatic heterocycles. The Bertz CT molecular complexity index is 450. The van der Waals surface area contributed by atoms with Crippen molar-refractivity contribution < 1.29 is 9.90 Å². The maximum Gasteiger partial charge on any atom is 0.304 e. The van der Waals surface area contributed by atoms with Crippen molar-refractivity contribution in [2.75, 3.05) is 13.1 Å². The summed E-state index contributed by atoms with van der Waals surface area (Å²) in [6, 6.07) is 6.58. The quantitative estimate of drug-likeness (QED) is 0.886. The SMILES string of the molecule is Cc1ccc(C)c(CC(CC(=O)O)N2CCCC2)c1. The highest BCUT2D eigenvalue weighted by molar-refractivity contribution is 5.67. The van der Waals surface area contributed by atoms with Gasteiger partial charge in [-0.05, 0) is 57.3 Å². The number of rotatable bonds is 5. The van der Waals surface area contributed by atoms with Crippen molar-refractivity contribution in [2.24, 2.45) is 0 Å². The number of hydrogen-bond acceptors (Lipinski definition) is 2. The molecule has 3 nitrogen and oxygen atoms in total. The van der Waals surface area contributed by atoms with E-state index >= 15 is 0 Å². The summed E-state index contributed by atoms with van der Waals surface area (Å²) in [4.78, 5) is 13.4. The second-order valence-electron chi connectivity index (χ2n) is 5.63. The van der Waals surface area contributed by atoms with Gasteiger partial charge in [-0.1, -0.05) is 23.8 Å². The predicted octanol–water partition coefficient (Wildman–Crippen LogP) is 2.79. The van der Waals surface area contributed by atoms with E-state index in [-0.39, 0.29) is 12.5 Å². The number of benzene rings is 1. The molecule has 1 N–H and O–H groups in total. The van der Waals surface area contributed by atoms with Crippen LogP contribution in [0.15, 0.2) is 18.2 Å². The van der Waals surface area contributed by atoms with E-state index in [0.29, 0.717) is 0 Å². The van der Waals surface area contributed by atoms with Crippen molar-refractivity contribution in [2.45, 2.75) is 45.6 Å². The van der Waals surface area contributed by atoms with Gasteiger partial charge in [0.05, 0.1) is 6.42 Å². The largest absolute Gasteiger partial charge is 0.481 e. The van der Waals surface area contributed by atoms with E-state index in [0.717, 1.165) is 19.5 Å².